The minimum atomic E-state index is -0.795. The lowest BCUT2D eigenvalue weighted by atomic mass is 10.2. The topological polar surface area (TPSA) is 49.8 Å². The van der Waals surface area contributed by atoms with Crippen LogP contribution in [0.1, 0.15) is 10.4 Å². The first kappa shape index (κ1) is 14.9. The van der Waals surface area contributed by atoms with Gasteiger partial charge < -0.3 is 14.7 Å². The molecule has 0 radical (unpaired) electrons. The van der Waals surface area contributed by atoms with E-state index in [-0.39, 0.29) is 23.7 Å². The lowest BCUT2D eigenvalue weighted by molar-refractivity contribution is 0.0380. The molecule has 0 spiro atoms. The van der Waals surface area contributed by atoms with Gasteiger partial charge in [-0.15, -0.1) is 0 Å². The van der Waals surface area contributed by atoms with Crippen LogP contribution >= 0.6 is 11.6 Å². The van der Waals surface area contributed by atoms with Crippen molar-refractivity contribution < 1.29 is 19.0 Å². The van der Waals surface area contributed by atoms with E-state index in [1.165, 1.54) is 37.3 Å². The molecule has 6 heteroatoms. The zero-order valence-corrected chi connectivity index (χ0v) is 10.9. The van der Waals surface area contributed by atoms with Crippen LogP contribution in [0.15, 0.2) is 18.2 Å². The van der Waals surface area contributed by atoms with Crippen molar-refractivity contribution in [1.82, 2.24) is 4.90 Å². The van der Waals surface area contributed by atoms with E-state index in [4.69, 9.17) is 16.3 Å². The molecule has 0 heterocycles. The van der Waals surface area contributed by atoms with Crippen LogP contribution in [0.3, 0.4) is 0 Å². The molecule has 100 valence electrons. The Bertz CT molecular complexity index is 428. The number of hydrogen-bond acceptors (Lipinski definition) is 3. The largest absolute Gasteiger partial charge is 0.389 e. The van der Waals surface area contributed by atoms with Gasteiger partial charge >= 0.3 is 0 Å². The predicted octanol–water partition coefficient (Wildman–Crippen LogP) is 1.56. The van der Waals surface area contributed by atoms with E-state index in [1.54, 1.807) is 0 Å². The van der Waals surface area contributed by atoms with E-state index in [9.17, 15) is 14.3 Å². The molecule has 0 aromatic heterocycles. The predicted molar refractivity (Wildman–Crippen MR) is 66.3 cm³/mol. The minimum absolute atomic E-state index is 0.0729. The van der Waals surface area contributed by atoms with E-state index in [0.717, 1.165) is 0 Å². The molecule has 0 aliphatic carbocycles. The lowest BCUT2D eigenvalue weighted by Gasteiger charge is -2.21. The standard InChI is InChI=1S/C12H15ClFNO3/c1-15(6-8(16)7-18-2)12(17)9-4-3-5-10(14)11(9)13/h3-5,8,16H,6-7H2,1-2H3. The van der Waals surface area contributed by atoms with Gasteiger partial charge in [-0.05, 0) is 12.1 Å². The van der Waals surface area contributed by atoms with Gasteiger partial charge in [0.2, 0.25) is 0 Å². The summed E-state index contributed by atoms with van der Waals surface area (Å²) >= 11 is 5.72. The van der Waals surface area contributed by atoms with E-state index >= 15 is 0 Å². The second kappa shape index (κ2) is 6.68. The van der Waals surface area contributed by atoms with Crippen LogP contribution in [0.4, 0.5) is 4.39 Å². The first-order valence-electron chi connectivity index (χ1n) is 5.33. The summed E-state index contributed by atoms with van der Waals surface area (Å²) in [5.41, 5.74) is 0.0729. The highest BCUT2D eigenvalue weighted by Crippen LogP contribution is 2.20. The summed E-state index contributed by atoms with van der Waals surface area (Å²) < 4.78 is 18.0. The molecule has 1 aromatic carbocycles. The summed E-state index contributed by atoms with van der Waals surface area (Å²) in [4.78, 5) is 13.2. The van der Waals surface area contributed by atoms with Crippen LogP contribution in [0, 0.1) is 5.82 Å². The molecule has 4 nitrogen and oxygen atoms in total. The van der Waals surface area contributed by atoms with Crippen molar-refractivity contribution in [2.45, 2.75) is 6.10 Å². The summed E-state index contributed by atoms with van der Waals surface area (Å²) in [5.74, 6) is -1.09. The number of ether oxygens (including phenoxy) is 1. The van der Waals surface area contributed by atoms with Crippen molar-refractivity contribution in [3.8, 4) is 0 Å². The van der Waals surface area contributed by atoms with Gasteiger partial charge in [0.1, 0.15) is 5.82 Å². The fourth-order valence-electron chi connectivity index (χ4n) is 1.52. The first-order chi connectivity index (χ1) is 8.47. The third kappa shape index (κ3) is 3.66. The fourth-order valence-corrected chi connectivity index (χ4v) is 1.73. The Morgan fingerprint density at radius 1 is 1.61 bits per heavy atom. The molecule has 1 aromatic rings. The van der Waals surface area contributed by atoms with Gasteiger partial charge in [-0.3, -0.25) is 4.79 Å². The van der Waals surface area contributed by atoms with Gasteiger partial charge in [0.15, 0.2) is 0 Å². The molecule has 1 amide bonds. The van der Waals surface area contributed by atoms with E-state index < -0.39 is 17.8 Å². The molecule has 0 fully saturated rings. The van der Waals surface area contributed by atoms with Crippen LogP contribution in [0.25, 0.3) is 0 Å². The molecule has 1 atom stereocenters. The molecule has 1 unspecified atom stereocenters. The van der Waals surface area contributed by atoms with Gasteiger partial charge in [0, 0.05) is 20.7 Å². The van der Waals surface area contributed by atoms with Crippen molar-refractivity contribution in [3.63, 3.8) is 0 Å². The summed E-state index contributed by atoms with van der Waals surface area (Å²) in [6.45, 7) is 0.202. The Labute approximate surface area is 110 Å². The number of rotatable bonds is 5. The highest BCUT2D eigenvalue weighted by atomic mass is 35.5. The number of aliphatic hydroxyl groups excluding tert-OH is 1. The second-order valence-corrected chi connectivity index (χ2v) is 4.27. The number of methoxy groups -OCH3 is 1. The normalized spacial score (nSPS) is 12.3. The zero-order valence-electron chi connectivity index (χ0n) is 10.2. The number of hydrogen-bond donors (Lipinski definition) is 1. The molecular weight excluding hydrogens is 261 g/mol. The molecule has 1 rings (SSSR count). The molecule has 0 saturated heterocycles. The fraction of sp³-hybridized carbons (Fsp3) is 0.417. The van der Waals surface area contributed by atoms with E-state index in [1.807, 2.05) is 0 Å². The van der Waals surface area contributed by atoms with Crippen molar-refractivity contribution >= 4 is 17.5 Å². The first-order valence-corrected chi connectivity index (χ1v) is 5.71. The number of carbonyl (C=O) groups is 1. The van der Waals surface area contributed by atoms with Crippen LogP contribution in [-0.4, -0.2) is 49.3 Å². The molecule has 18 heavy (non-hydrogen) atoms. The molecule has 0 saturated carbocycles. The number of benzene rings is 1. The number of aliphatic hydroxyl groups is 1. The Morgan fingerprint density at radius 3 is 2.89 bits per heavy atom. The quantitative estimate of drug-likeness (QED) is 0.887. The average Bonchev–Trinajstić information content (AvgIpc) is 2.32. The average molecular weight is 276 g/mol. The third-order valence-corrected chi connectivity index (χ3v) is 2.76. The Hall–Kier alpha value is -1.17. The van der Waals surface area contributed by atoms with Gasteiger partial charge in [-0.2, -0.15) is 0 Å². The summed E-state index contributed by atoms with van der Waals surface area (Å²) in [6.07, 6.45) is -0.795. The molecular formula is C12H15ClFNO3. The Balaban J connectivity index is 2.77. The van der Waals surface area contributed by atoms with Gasteiger partial charge in [0.25, 0.3) is 5.91 Å². The van der Waals surface area contributed by atoms with Gasteiger partial charge in [-0.1, -0.05) is 17.7 Å². The maximum Gasteiger partial charge on any atom is 0.255 e. The number of amides is 1. The SMILES string of the molecule is COCC(O)CN(C)C(=O)c1cccc(F)c1Cl. The number of halogens is 2. The third-order valence-electron chi connectivity index (χ3n) is 2.37. The minimum Gasteiger partial charge on any atom is -0.389 e. The highest BCUT2D eigenvalue weighted by molar-refractivity contribution is 6.33. The van der Waals surface area contributed by atoms with Crippen molar-refractivity contribution in [2.24, 2.45) is 0 Å². The van der Waals surface area contributed by atoms with Crippen LogP contribution < -0.4 is 0 Å². The molecule has 0 bridgehead atoms. The smallest absolute Gasteiger partial charge is 0.255 e. The van der Waals surface area contributed by atoms with E-state index in [2.05, 4.69) is 0 Å². The Kier molecular flexibility index (Phi) is 5.53. The van der Waals surface area contributed by atoms with Gasteiger partial charge in [-0.25, -0.2) is 4.39 Å². The number of carbonyl (C=O) groups excluding carboxylic acids is 1. The number of nitrogens with zero attached hydrogens (tertiary/aromatic N) is 1. The molecule has 1 N–H and O–H groups in total. The zero-order chi connectivity index (χ0) is 13.7. The monoisotopic (exact) mass is 275 g/mol. The maximum absolute atomic E-state index is 13.2. The maximum atomic E-state index is 13.2. The van der Waals surface area contributed by atoms with Crippen molar-refractivity contribution in [1.29, 1.82) is 0 Å². The second-order valence-electron chi connectivity index (χ2n) is 3.90. The highest BCUT2D eigenvalue weighted by Gasteiger charge is 2.19. The number of likely N-dealkylation sites (N-methyl/N-ethyl adjacent to an activating group) is 1. The van der Waals surface area contributed by atoms with Crippen LogP contribution in [0.5, 0.6) is 0 Å². The summed E-state index contributed by atoms with van der Waals surface area (Å²) in [7, 11) is 2.96. The van der Waals surface area contributed by atoms with Crippen molar-refractivity contribution in [2.75, 3.05) is 27.3 Å². The summed E-state index contributed by atoms with van der Waals surface area (Å²) in [5, 5.41) is 9.30. The van der Waals surface area contributed by atoms with Crippen molar-refractivity contribution in [3.05, 3.63) is 34.6 Å². The molecule has 0 aliphatic heterocycles. The Morgan fingerprint density at radius 2 is 2.28 bits per heavy atom. The van der Waals surface area contributed by atoms with Crippen LogP contribution in [-0.2, 0) is 4.74 Å². The lowest BCUT2D eigenvalue weighted by Crippen LogP contribution is -2.36. The molecule has 0 aliphatic rings. The van der Waals surface area contributed by atoms with Gasteiger partial charge in [0.05, 0.1) is 23.3 Å². The van der Waals surface area contributed by atoms with E-state index in [0.29, 0.717) is 0 Å². The van der Waals surface area contributed by atoms with Crippen LogP contribution in [0.2, 0.25) is 5.02 Å². The summed E-state index contributed by atoms with van der Waals surface area (Å²) in [6, 6.07) is 4.03.